The largest absolute Gasteiger partial charge is 0.426 e. The van der Waals surface area contributed by atoms with Crippen molar-refractivity contribution in [3.05, 3.63) is 46.5 Å². The van der Waals surface area contributed by atoms with Crippen molar-refractivity contribution in [3.8, 4) is 0 Å². The van der Waals surface area contributed by atoms with Crippen molar-refractivity contribution >= 4 is 23.4 Å². The molecule has 0 aliphatic carbocycles. The first-order valence-corrected chi connectivity index (χ1v) is 10.1. The van der Waals surface area contributed by atoms with E-state index in [-0.39, 0.29) is 0 Å². The predicted octanol–water partition coefficient (Wildman–Crippen LogP) is 1.88. The van der Waals surface area contributed by atoms with Gasteiger partial charge in [0.25, 0.3) is 5.91 Å². The number of hydrogen-bond acceptors (Lipinski definition) is 8. The summed E-state index contributed by atoms with van der Waals surface area (Å²) in [4.78, 5) is 24.1. The second-order valence-corrected chi connectivity index (χ2v) is 8.49. The monoisotopic (exact) mass is 408 g/mol. The van der Waals surface area contributed by atoms with Crippen molar-refractivity contribution in [1.82, 2.24) is 10.6 Å². The van der Waals surface area contributed by atoms with Crippen LogP contribution >= 0.6 is 11.8 Å². The van der Waals surface area contributed by atoms with E-state index in [0.29, 0.717) is 30.1 Å². The Morgan fingerprint density at radius 2 is 2.32 bits per heavy atom. The minimum absolute atomic E-state index is 0.293. The third-order valence-electron chi connectivity index (χ3n) is 4.75. The molecule has 28 heavy (non-hydrogen) atoms. The van der Waals surface area contributed by atoms with E-state index in [1.807, 2.05) is 6.92 Å². The van der Waals surface area contributed by atoms with Gasteiger partial charge in [-0.05, 0) is 38.3 Å². The Bertz CT molecular complexity index is 824. The summed E-state index contributed by atoms with van der Waals surface area (Å²) in [5.74, 6) is 0.274. The van der Waals surface area contributed by atoms with Gasteiger partial charge in [0.05, 0.1) is 11.8 Å². The average molecular weight is 409 g/mol. The lowest BCUT2D eigenvalue weighted by molar-refractivity contribution is -0.127. The second kappa shape index (κ2) is 8.93. The number of hydrogen-bond donors (Lipinski definition) is 4. The zero-order valence-corrected chi connectivity index (χ0v) is 17.3. The molecule has 2 rings (SSSR count). The number of oxime groups is 1. The summed E-state index contributed by atoms with van der Waals surface area (Å²) in [6.45, 7) is 9.12. The number of nitrogens with one attached hydrogen (secondary N) is 2. The smallest absolute Gasteiger partial charge is 0.336 e. The Labute approximate surface area is 168 Å². The van der Waals surface area contributed by atoms with Crippen molar-refractivity contribution < 1.29 is 14.4 Å². The zero-order chi connectivity index (χ0) is 20.9. The second-order valence-electron chi connectivity index (χ2n) is 7.10. The van der Waals surface area contributed by atoms with Crippen molar-refractivity contribution in [1.29, 1.82) is 0 Å². The molecule has 9 heteroatoms. The first-order valence-electron chi connectivity index (χ1n) is 9.14. The SMILES string of the molecule is C=CCc1cc([C@@H](CCC)NC(=O)[C@]2(N)CSC(C)(/C(C)=N/O)N2)oc(=O)c1. The van der Waals surface area contributed by atoms with Crippen LogP contribution in [-0.2, 0) is 11.2 Å². The van der Waals surface area contributed by atoms with Crippen LogP contribution in [0, 0.1) is 0 Å². The zero-order valence-electron chi connectivity index (χ0n) is 16.4. The summed E-state index contributed by atoms with van der Waals surface area (Å²) >= 11 is 1.39. The van der Waals surface area contributed by atoms with E-state index in [9.17, 15) is 9.59 Å². The highest BCUT2D eigenvalue weighted by Crippen LogP contribution is 2.35. The van der Waals surface area contributed by atoms with Crippen molar-refractivity contribution in [3.63, 3.8) is 0 Å². The van der Waals surface area contributed by atoms with E-state index in [1.54, 1.807) is 26.0 Å². The quantitative estimate of drug-likeness (QED) is 0.224. The molecule has 1 unspecified atom stereocenters. The number of rotatable bonds is 8. The Balaban J connectivity index is 2.24. The van der Waals surface area contributed by atoms with E-state index >= 15 is 0 Å². The summed E-state index contributed by atoms with van der Waals surface area (Å²) in [7, 11) is 0. The molecule has 1 amide bonds. The van der Waals surface area contributed by atoms with Gasteiger partial charge in [-0.25, -0.2) is 4.79 Å². The molecule has 8 nitrogen and oxygen atoms in total. The molecule has 1 aliphatic heterocycles. The summed E-state index contributed by atoms with van der Waals surface area (Å²) in [6.07, 6.45) is 3.59. The lowest BCUT2D eigenvalue weighted by Gasteiger charge is -2.30. The highest BCUT2D eigenvalue weighted by Gasteiger charge is 2.50. The van der Waals surface area contributed by atoms with Crippen LogP contribution in [0.1, 0.15) is 51.0 Å². The van der Waals surface area contributed by atoms with Crippen LogP contribution in [0.3, 0.4) is 0 Å². The van der Waals surface area contributed by atoms with Crippen LogP contribution in [0.4, 0.5) is 0 Å². The molecule has 1 aromatic heterocycles. The first kappa shape index (κ1) is 22.2. The molecule has 0 bridgehead atoms. The highest BCUT2D eigenvalue weighted by molar-refractivity contribution is 8.01. The van der Waals surface area contributed by atoms with Gasteiger partial charge in [-0.1, -0.05) is 24.6 Å². The number of nitrogens with zero attached hydrogens (tertiary/aromatic N) is 1. The lowest BCUT2D eigenvalue weighted by atomic mass is 10.0. The molecule has 0 aromatic carbocycles. The van der Waals surface area contributed by atoms with Gasteiger partial charge in [0, 0.05) is 11.8 Å². The van der Waals surface area contributed by atoms with Gasteiger partial charge in [-0.15, -0.1) is 18.3 Å². The van der Waals surface area contributed by atoms with Crippen molar-refractivity contribution in [2.45, 2.75) is 56.6 Å². The highest BCUT2D eigenvalue weighted by atomic mass is 32.2. The summed E-state index contributed by atoms with van der Waals surface area (Å²) in [6, 6.07) is 2.69. The maximum absolute atomic E-state index is 13.0. The lowest BCUT2D eigenvalue weighted by Crippen LogP contribution is -2.66. The van der Waals surface area contributed by atoms with E-state index in [1.165, 1.54) is 17.8 Å². The van der Waals surface area contributed by atoms with E-state index in [0.717, 1.165) is 12.0 Å². The van der Waals surface area contributed by atoms with Crippen LogP contribution in [0.25, 0.3) is 0 Å². The normalized spacial score (nSPS) is 26.1. The number of allylic oxidation sites excluding steroid dienone is 1. The third-order valence-corrected chi connectivity index (χ3v) is 6.33. The molecule has 1 aliphatic rings. The fourth-order valence-electron chi connectivity index (χ4n) is 3.04. The molecule has 1 aromatic rings. The van der Waals surface area contributed by atoms with Crippen molar-refractivity contribution in [2.24, 2.45) is 10.9 Å². The molecule has 154 valence electrons. The van der Waals surface area contributed by atoms with E-state index < -0.39 is 28.1 Å². The van der Waals surface area contributed by atoms with Gasteiger partial charge in [0.2, 0.25) is 0 Å². The predicted molar refractivity (Wildman–Crippen MR) is 110 cm³/mol. The maximum Gasteiger partial charge on any atom is 0.336 e. The summed E-state index contributed by atoms with van der Waals surface area (Å²) < 4.78 is 5.35. The maximum atomic E-state index is 13.0. The van der Waals surface area contributed by atoms with Gasteiger partial charge >= 0.3 is 5.63 Å². The van der Waals surface area contributed by atoms with Gasteiger partial charge in [-0.2, -0.15) is 0 Å². The molecular weight excluding hydrogens is 380 g/mol. The molecule has 0 spiro atoms. The molecule has 0 radical (unpaired) electrons. The van der Waals surface area contributed by atoms with Gasteiger partial charge in [-0.3, -0.25) is 10.1 Å². The number of carbonyl (C=O) groups excluding carboxylic acids is 1. The minimum atomic E-state index is -1.35. The summed E-state index contributed by atoms with van der Waals surface area (Å²) in [5, 5.41) is 18.3. The molecule has 1 saturated heterocycles. The minimum Gasteiger partial charge on any atom is -0.426 e. The molecule has 3 atom stereocenters. The van der Waals surface area contributed by atoms with E-state index in [4.69, 9.17) is 15.4 Å². The Morgan fingerprint density at radius 1 is 1.61 bits per heavy atom. The van der Waals surface area contributed by atoms with Gasteiger partial charge in [0.1, 0.15) is 10.6 Å². The summed E-state index contributed by atoms with van der Waals surface area (Å²) in [5.41, 5.74) is 5.69. The van der Waals surface area contributed by atoms with Crippen molar-refractivity contribution in [2.75, 3.05) is 5.75 Å². The molecule has 0 saturated carbocycles. The molecular formula is C19H28N4O4S. The Morgan fingerprint density at radius 3 is 2.93 bits per heavy atom. The number of carbonyl (C=O) groups is 1. The fraction of sp³-hybridized carbons (Fsp3) is 0.526. The Hall–Kier alpha value is -2.10. The van der Waals surface area contributed by atoms with Gasteiger partial charge in [0.15, 0.2) is 5.66 Å². The Kier molecular flexibility index (Phi) is 7.08. The number of amides is 1. The van der Waals surface area contributed by atoms with Crippen LogP contribution in [-0.4, -0.2) is 33.1 Å². The molecule has 2 heterocycles. The number of thioether (sulfide) groups is 1. The van der Waals surface area contributed by atoms with Gasteiger partial charge < -0.3 is 20.7 Å². The molecule has 5 N–H and O–H groups in total. The first-order chi connectivity index (χ1) is 13.2. The third kappa shape index (κ3) is 4.84. The standard InChI is InChI=1S/C19H28N4O4S/c1-5-7-13-9-15(27-16(24)10-13)14(8-6-2)21-17(25)19(20)11-28-18(4,23-19)12(3)22-26/h5,9-10,14,23,26H,1,6-8,11,20H2,2-4H3,(H,21,25)/b22-12+/t14-,18?,19+/m1/s1. The average Bonchev–Trinajstić information content (AvgIpc) is 2.98. The fourth-order valence-corrected chi connectivity index (χ4v) is 4.26. The topological polar surface area (TPSA) is 130 Å². The number of nitrogens with two attached hydrogens (primary N) is 1. The van der Waals surface area contributed by atoms with Crippen LogP contribution in [0.5, 0.6) is 0 Å². The van der Waals surface area contributed by atoms with Crippen LogP contribution < -0.4 is 22.0 Å². The van der Waals surface area contributed by atoms with E-state index in [2.05, 4.69) is 22.4 Å². The van der Waals surface area contributed by atoms with Crippen LogP contribution in [0.15, 0.2) is 39.2 Å². The molecule has 1 fully saturated rings. The van der Waals surface area contributed by atoms with Crippen LogP contribution in [0.2, 0.25) is 0 Å².